The summed E-state index contributed by atoms with van der Waals surface area (Å²) in [5.41, 5.74) is 2.88. The van der Waals surface area contributed by atoms with Gasteiger partial charge in [0.25, 0.3) is 0 Å². The molecule has 1 aromatic carbocycles. The van der Waals surface area contributed by atoms with Crippen molar-refractivity contribution in [2.75, 3.05) is 24.6 Å². The van der Waals surface area contributed by atoms with E-state index in [1.165, 1.54) is 6.07 Å². The number of anilines is 1. The van der Waals surface area contributed by atoms with Crippen molar-refractivity contribution in [1.82, 2.24) is 4.98 Å². The van der Waals surface area contributed by atoms with Crippen molar-refractivity contribution in [1.29, 1.82) is 0 Å². The zero-order valence-electron chi connectivity index (χ0n) is 13.5. The second-order valence-corrected chi connectivity index (χ2v) is 6.53. The van der Waals surface area contributed by atoms with Crippen LogP contribution in [0.15, 0.2) is 24.3 Å². The Morgan fingerprint density at radius 3 is 2.95 bits per heavy atom. The van der Waals surface area contributed by atoms with Gasteiger partial charge in [-0.2, -0.15) is 0 Å². The minimum absolute atomic E-state index is 0.216. The smallest absolute Gasteiger partial charge is 0.124 e. The number of benzene rings is 1. The molecule has 3 nitrogen and oxygen atoms in total. The van der Waals surface area contributed by atoms with Gasteiger partial charge in [-0.3, -0.25) is 4.98 Å². The first-order valence-electron chi connectivity index (χ1n) is 7.96. The third-order valence-electron chi connectivity index (χ3n) is 4.03. The molecule has 1 aliphatic heterocycles. The van der Waals surface area contributed by atoms with Gasteiger partial charge in [-0.15, -0.1) is 0 Å². The fraction of sp³-hybridized carbons (Fsp3) is 0.500. The average molecular weight is 302 g/mol. The molecule has 3 rings (SSSR count). The quantitative estimate of drug-likeness (QED) is 0.855. The summed E-state index contributed by atoms with van der Waals surface area (Å²) >= 11 is 0. The molecule has 0 aliphatic carbocycles. The van der Waals surface area contributed by atoms with Crippen molar-refractivity contribution in [3.05, 3.63) is 35.8 Å². The van der Waals surface area contributed by atoms with Crippen molar-refractivity contribution in [2.45, 2.75) is 33.3 Å². The van der Waals surface area contributed by atoms with Crippen LogP contribution < -0.4 is 4.90 Å². The third-order valence-corrected chi connectivity index (χ3v) is 4.03. The highest BCUT2D eigenvalue weighted by atomic mass is 19.1. The molecule has 1 unspecified atom stereocenters. The van der Waals surface area contributed by atoms with Gasteiger partial charge >= 0.3 is 0 Å². The molecule has 1 atom stereocenters. The van der Waals surface area contributed by atoms with E-state index in [1.807, 2.05) is 13.0 Å². The number of rotatable bonds is 4. The summed E-state index contributed by atoms with van der Waals surface area (Å²) in [4.78, 5) is 6.80. The third kappa shape index (κ3) is 3.22. The molecule has 1 saturated heterocycles. The van der Waals surface area contributed by atoms with E-state index < -0.39 is 0 Å². The van der Waals surface area contributed by atoms with Crippen LogP contribution in [0.25, 0.3) is 10.9 Å². The summed E-state index contributed by atoms with van der Waals surface area (Å²) in [5.74, 6) is 0.332. The summed E-state index contributed by atoms with van der Waals surface area (Å²) in [6.45, 7) is 8.91. The van der Waals surface area contributed by atoms with Crippen LogP contribution in [-0.2, 0) is 4.74 Å². The number of hydrogen-bond acceptors (Lipinski definition) is 3. The fourth-order valence-corrected chi connectivity index (χ4v) is 2.98. The first-order valence-corrected chi connectivity index (χ1v) is 7.96. The lowest BCUT2D eigenvalue weighted by molar-refractivity contribution is 0.0497. The average Bonchev–Trinajstić information content (AvgIpc) is 2.93. The molecule has 22 heavy (non-hydrogen) atoms. The lowest BCUT2D eigenvalue weighted by Crippen LogP contribution is -2.24. The molecule has 0 N–H and O–H groups in total. The number of nitrogens with zero attached hydrogens (tertiary/aromatic N) is 2. The molecule has 1 aromatic heterocycles. The van der Waals surface area contributed by atoms with Crippen LogP contribution in [0.5, 0.6) is 0 Å². The van der Waals surface area contributed by atoms with Crippen molar-refractivity contribution in [3.63, 3.8) is 0 Å². The second kappa shape index (κ2) is 6.21. The Kier molecular flexibility index (Phi) is 4.30. The van der Waals surface area contributed by atoms with E-state index in [0.29, 0.717) is 5.92 Å². The van der Waals surface area contributed by atoms with E-state index in [0.717, 1.165) is 48.4 Å². The number of hydrogen-bond donors (Lipinski definition) is 0. The Labute approximate surface area is 131 Å². The van der Waals surface area contributed by atoms with Crippen LogP contribution in [0.2, 0.25) is 0 Å². The Morgan fingerprint density at radius 2 is 2.18 bits per heavy atom. The molecule has 0 amide bonds. The maximum atomic E-state index is 13.6. The van der Waals surface area contributed by atoms with Gasteiger partial charge in [0.15, 0.2) is 0 Å². The van der Waals surface area contributed by atoms with Crippen molar-refractivity contribution in [2.24, 2.45) is 5.92 Å². The highest BCUT2D eigenvalue weighted by Crippen LogP contribution is 2.30. The minimum atomic E-state index is -0.216. The predicted molar refractivity (Wildman–Crippen MR) is 87.8 cm³/mol. The van der Waals surface area contributed by atoms with E-state index in [1.54, 1.807) is 12.1 Å². The van der Waals surface area contributed by atoms with Crippen LogP contribution >= 0.6 is 0 Å². The first-order chi connectivity index (χ1) is 10.5. The second-order valence-electron chi connectivity index (χ2n) is 6.53. The Morgan fingerprint density at radius 1 is 1.36 bits per heavy atom. The Hall–Kier alpha value is -1.68. The minimum Gasteiger partial charge on any atom is -0.376 e. The van der Waals surface area contributed by atoms with Gasteiger partial charge in [0.2, 0.25) is 0 Å². The zero-order valence-corrected chi connectivity index (χ0v) is 13.5. The normalized spacial score (nSPS) is 18.6. The van der Waals surface area contributed by atoms with Gasteiger partial charge in [-0.1, -0.05) is 13.8 Å². The highest BCUT2D eigenvalue weighted by molar-refractivity contribution is 5.92. The predicted octanol–water partition coefficient (Wildman–Crippen LogP) is 3.93. The van der Waals surface area contributed by atoms with Gasteiger partial charge in [-0.05, 0) is 43.5 Å². The molecule has 2 heterocycles. The maximum absolute atomic E-state index is 13.6. The molecule has 0 bridgehead atoms. The van der Waals surface area contributed by atoms with Crippen LogP contribution in [-0.4, -0.2) is 30.8 Å². The van der Waals surface area contributed by atoms with Gasteiger partial charge in [0.1, 0.15) is 5.82 Å². The first kappa shape index (κ1) is 15.2. The van der Waals surface area contributed by atoms with Crippen LogP contribution in [0.3, 0.4) is 0 Å². The van der Waals surface area contributed by atoms with Crippen molar-refractivity contribution < 1.29 is 9.13 Å². The van der Waals surface area contributed by atoms with Crippen LogP contribution in [0.4, 0.5) is 10.1 Å². The molecular weight excluding hydrogens is 279 g/mol. The van der Waals surface area contributed by atoms with Crippen LogP contribution in [0, 0.1) is 18.7 Å². The molecule has 2 aromatic rings. The molecule has 1 fully saturated rings. The summed E-state index contributed by atoms with van der Waals surface area (Å²) in [6, 6.07) is 6.85. The number of ether oxygens (including phenoxy) is 1. The van der Waals surface area contributed by atoms with Crippen LogP contribution in [0.1, 0.15) is 26.0 Å². The highest BCUT2D eigenvalue weighted by Gasteiger charge is 2.25. The zero-order chi connectivity index (χ0) is 15.7. The number of fused-ring (bicyclic) bond motifs is 1. The molecule has 0 spiro atoms. The van der Waals surface area contributed by atoms with Crippen molar-refractivity contribution in [3.8, 4) is 0 Å². The van der Waals surface area contributed by atoms with Gasteiger partial charge < -0.3 is 9.64 Å². The number of halogens is 1. The van der Waals surface area contributed by atoms with Crippen molar-refractivity contribution >= 4 is 16.6 Å². The van der Waals surface area contributed by atoms with E-state index in [4.69, 9.17) is 4.74 Å². The number of aryl methyl sites for hydroxylation is 1. The molecular formula is C18H23FN2O. The SMILES string of the molecule is Cc1cc(N2CCC(OCC(C)C)C2)c2cc(F)ccc2n1. The summed E-state index contributed by atoms with van der Waals surface area (Å²) in [7, 11) is 0. The number of aromatic nitrogens is 1. The number of pyridine rings is 1. The standard InChI is InChI=1S/C18H23FN2O/c1-12(2)11-22-15-6-7-21(10-15)18-8-13(3)20-17-5-4-14(19)9-16(17)18/h4-5,8-9,12,15H,6-7,10-11H2,1-3H3. The van der Waals surface area contributed by atoms with E-state index in [-0.39, 0.29) is 11.9 Å². The Balaban J connectivity index is 1.86. The van der Waals surface area contributed by atoms with Gasteiger partial charge in [0, 0.05) is 36.5 Å². The van der Waals surface area contributed by atoms with E-state index >= 15 is 0 Å². The molecule has 118 valence electrons. The van der Waals surface area contributed by atoms with E-state index in [9.17, 15) is 4.39 Å². The summed E-state index contributed by atoms with van der Waals surface area (Å²) in [5, 5.41) is 0.884. The molecule has 4 heteroatoms. The lowest BCUT2D eigenvalue weighted by atomic mass is 10.1. The Bertz CT molecular complexity index is 671. The van der Waals surface area contributed by atoms with E-state index in [2.05, 4.69) is 23.7 Å². The molecule has 0 radical (unpaired) electrons. The molecule has 0 saturated carbocycles. The summed E-state index contributed by atoms with van der Waals surface area (Å²) in [6.07, 6.45) is 1.28. The molecule has 1 aliphatic rings. The largest absolute Gasteiger partial charge is 0.376 e. The topological polar surface area (TPSA) is 25.4 Å². The van der Waals surface area contributed by atoms with Gasteiger partial charge in [-0.25, -0.2) is 4.39 Å². The van der Waals surface area contributed by atoms with Gasteiger partial charge in [0.05, 0.1) is 11.6 Å². The maximum Gasteiger partial charge on any atom is 0.124 e. The summed E-state index contributed by atoms with van der Waals surface area (Å²) < 4.78 is 19.6. The monoisotopic (exact) mass is 302 g/mol. The lowest BCUT2D eigenvalue weighted by Gasteiger charge is -2.21. The fourth-order valence-electron chi connectivity index (χ4n) is 2.98.